The lowest BCUT2D eigenvalue weighted by atomic mass is 9.95. The zero-order valence-corrected chi connectivity index (χ0v) is 17.3. The van der Waals surface area contributed by atoms with E-state index < -0.39 is 11.6 Å². The van der Waals surface area contributed by atoms with Crippen molar-refractivity contribution in [2.75, 3.05) is 6.54 Å². The van der Waals surface area contributed by atoms with Crippen LogP contribution in [0.5, 0.6) is 0 Å². The van der Waals surface area contributed by atoms with Crippen molar-refractivity contribution in [1.82, 2.24) is 5.32 Å². The second kappa shape index (κ2) is 9.43. The molecule has 3 rings (SSSR count). The number of benzene rings is 1. The van der Waals surface area contributed by atoms with Crippen LogP contribution in [0, 0.1) is 6.92 Å². The van der Waals surface area contributed by atoms with Crippen molar-refractivity contribution in [2.24, 2.45) is 0 Å². The lowest BCUT2D eigenvalue weighted by molar-refractivity contribution is -0.145. The van der Waals surface area contributed by atoms with Gasteiger partial charge in [-0.15, -0.1) is 0 Å². The Morgan fingerprint density at radius 1 is 1.20 bits per heavy atom. The molecule has 2 aromatic heterocycles. The molecule has 158 valence electrons. The van der Waals surface area contributed by atoms with Crippen molar-refractivity contribution >= 4 is 22.8 Å². The lowest BCUT2D eigenvalue weighted by Crippen LogP contribution is -2.24. The number of aryl methyl sites for hydroxylation is 1. The molecule has 2 heterocycles. The summed E-state index contributed by atoms with van der Waals surface area (Å²) in [6.45, 7) is 6.48. The van der Waals surface area contributed by atoms with E-state index in [1.807, 2.05) is 19.1 Å². The quantitative estimate of drug-likeness (QED) is 0.341. The van der Waals surface area contributed by atoms with Crippen LogP contribution in [0.2, 0.25) is 0 Å². The van der Waals surface area contributed by atoms with Gasteiger partial charge in [-0.25, -0.2) is 4.79 Å². The SMILES string of the molecule is Cc1cc2oc(=O)cc(COC(=O)CCCNC(=O)c3ccco3)c2cc1C(C)C. The van der Waals surface area contributed by atoms with E-state index in [1.54, 1.807) is 12.1 Å². The fraction of sp³-hybridized carbons (Fsp3) is 0.348. The van der Waals surface area contributed by atoms with E-state index in [0.29, 0.717) is 30.0 Å². The maximum absolute atomic E-state index is 12.1. The third-order valence-electron chi connectivity index (χ3n) is 4.82. The highest BCUT2D eigenvalue weighted by molar-refractivity contribution is 5.91. The van der Waals surface area contributed by atoms with Gasteiger partial charge in [0.15, 0.2) is 5.76 Å². The van der Waals surface area contributed by atoms with Crippen LogP contribution in [-0.4, -0.2) is 18.4 Å². The molecule has 3 aromatic rings. The number of carbonyl (C=O) groups excluding carboxylic acids is 2. The highest BCUT2D eigenvalue weighted by Crippen LogP contribution is 2.27. The number of hydrogen-bond acceptors (Lipinski definition) is 6. The molecule has 0 atom stereocenters. The number of fused-ring (bicyclic) bond motifs is 1. The first kappa shape index (κ1) is 21.4. The molecule has 7 nitrogen and oxygen atoms in total. The van der Waals surface area contributed by atoms with Gasteiger partial charge in [0.2, 0.25) is 0 Å². The van der Waals surface area contributed by atoms with Crippen LogP contribution in [-0.2, 0) is 16.1 Å². The van der Waals surface area contributed by atoms with Gasteiger partial charge >= 0.3 is 11.6 Å². The van der Waals surface area contributed by atoms with Gasteiger partial charge in [-0.05, 0) is 54.7 Å². The van der Waals surface area contributed by atoms with Crippen molar-refractivity contribution in [3.63, 3.8) is 0 Å². The number of hydrogen-bond donors (Lipinski definition) is 1. The number of furan rings is 1. The van der Waals surface area contributed by atoms with Crippen LogP contribution in [0.3, 0.4) is 0 Å². The molecule has 1 aromatic carbocycles. The second-order valence-electron chi connectivity index (χ2n) is 7.45. The minimum absolute atomic E-state index is 0.0136. The van der Waals surface area contributed by atoms with Crippen LogP contribution < -0.4 is 10.9 Å². The van der Waals surface area contributed by atoms with E-state index in [1.165, 1.54) is 12.3 Å². The minimum atomic E-state index is -0.481. The van der Waals surface area contributed by atoms with E-state index in [2.05, 4.69) is 19.2 Å². The predicted octanol–water partition coefficient (Wildman–Crippen LogP) is 4.07. The highest BCUT2D eigenvalue weighted by Gasteiger charge is 2.13. The molecule has 0 bridgehead atoms. The van der Waals surface area contributed by atoms with E-state index in [0.717, 1.165) is 16.5 Å². The summed E-state index contributed by atoms with van der Waals surface area (Å²) in [5.74, 6) is -0.191. The van der Waals surface area contributed by atoms with E-state index >= 15 is 0 Å². The van der Waals surface area contributed by atoms with Crippen LogP contribution >= 0.6 is 0 Å². The largest absolute Gasteiger partial charge is 0.461 e. The Kier molecular flexibility index (Phi) is 6.72. The van der Waals surface area contributed by atoms with Gasteiger partial charge in [-0.3, -0.25) is 9.59 Å². The smallest absolute Gasteiger partial charge is 0.336 e. The van der Waals surface area contributed by atoms with Gasteiger partial charge in [-0.2, -0.15) is 0 Å². The number of rotatable bonds is 8. The molecule has 0 radical (unpaired) electrons. The summed E-state index contributed by atoms with van der Waals surface area (Å²) >= 11 is 0. The van der Waals surface area contributed by atoms with Crippen molar-refractivity contribution in [2.45, 2.75) is 46.1 Å². The number of ether oxygens (including phenoxy) is 1. The van der Waals surface area contributed by atoms with Gasteiger partial charge in [0.25, 0.3) is 5.91 Å². The van der Waals surface area contributed by atoms with Crippen molar-refractivity contribution in [1.29, 1.82) is 0 Å². The number of nitrogens with one attached hydrogen (secondary N) is 1. The Labute approximate surface area is 174 Å². The molecule has 0 aliphatic carbocycles. The van der Waals surface area contributed by atoms with E-state index in [9.17, 15) is 14.4 Å². The molecule has 0 spiro atoms. The van der Waals surface area contributed by atoms with Crippen molar-refractivity contribution in [3.8, 4) is 0 Å². The topological polar surface area (TPSA) is 98.7 Å². The van der Waals surface area contributed by atoms with Crippen molar-refractivity contribution < 1.29 is 23.2 Å². The summed E-state index contributed by atoms with van der Waals surface area (Å²) in [5, 5.41) is 3.44. The molecule has 1 amide bonds. The normalized spacial score (nSPS) is 11.1. The van der Waals surface area contributed by atoms with Crippen LogP contribution in [0.1, 0.15) is 59.9 Å². The van der Waals surface area contributed by atoms with E-state index in [-0.39, 0.29) is 24.7 Å². The molecular weight excluding hydrogens is 386 g/mol. The van der Waals surface area contributed by atoms with Gasteiger partial charge in [0, 0.05) is 30.0 Å². The fourth-order valence-corrected chi connectivity index (χ4v) is 3.29. The molecule has 1 N–H and O–H groups in total. The fourth-order valence-electron chi connectivity index (χ4n) is 3.29. The Morgan fingerprint density at radius 2 is 2.00 bits per heavy atom. The molecule has 0 fully saturated rings. The molecule has 0 saturated carbocycles. The summed E-state index contributed by atoms with van der Waals surface area (Å²) in [5.41, 5.74) is 2.81. The monoisotopic (exact) mass is 411 g/mol. The van der Waals surface area contributed by atoms with Crippen LogP contribution in [0.15, 0.2) is 50.2 Å². The molecule has 30 heavy (non-hydrogen) atoms. The summed E-state index contributed by atoms with van der Waals surface area (Å²) < 4.78 is 15.7. The third kappa shape index (κ3) is 5.17. The summed E-state index contributed by atoms with van der Waals surface area (Å²) in [7, 11) is 0. The number of carbonyl (C=O) groups is 2. The predicted molar refractivity (Wildman–Crippen MR) is 111 cm³/mol. The molecule has 0 saturated heterocycles. The summed E-state index contributed by atoms with van der Waals surface area (Å²) in [6.07, 6.45) is 2.00. The standard InChI is InChI=1S/C23H25NO6/c1-14(2)17-12-18-16(11-22(26)30-20(18)10-15(17)3)13-29-21(25)7-4-8-24-23(27)19-6-5-9-28-19/h5-6,9-12,14H,4,7-8,13H2,1-3H3,(H,24,27). The van der Waals surface area contributed by atoms with Gasteiger partial charge in [-0.1, -0.05) is 13.8 Å². The van der Waals surface area contributed by atoms with Gasteiger partial charge in [0.05, 0.1) is 6.26 Å². The number of amides is 1. The zero-order valence-electron chi connectivity index (χ0n) is 17.3. The molecule has 0 aliphatic heterocycles. The van der Waals surface area contributed by atoms with E-state index in [4.69, 9.17) is 13.6 Å². The van der Waals surface area contributed by atoms with Gasteiger partial charge in [0.1, 0.15) is 12.2 Å². The van der Waals surface area contributed by atoms with Crippen molar-refractivity contribution in [3.05, 3.63) is 69.5 Å². The first-order valence-corrected chi connectivity index (χ1v) is 9.89. The van der Waals surface area contributed by atoms with Crippen LogP contribution in [0.4, 0.5) is 0 Å². The molecule has 7 heteroatoms. The molecule has 0 aliphatic rings. The first-order chi connectivity index (χ1) is 14.3. The Hall–Kier alpha value is -3.35. The summed E-state index contributed by atoms with van der Waals surface area (Å²) in [4.78, 5) is 35.7. The molecular formula is C23H25NO6. The Bertz CT molecular complexity index is 1090. The molecule has 0 unspecified atom stereocenters. The first-order valence-electron chi connectivity index (χ1n) is 9.89. The average molecular weight is 411 g/mol. The lowest BCUT2D eigenvalue weighted by Gasteiger charge is -2.13. The van der Waals surface area contributed by atoms with Crippen LogP contribution in [0.25, 0.3) is 11.0 Å². The average Bonchev–Trinajstić information content (AvgIpc) is 3.23. The Morgan fingerprint density at radius 3 is 2.70 bits per heavy atom. The Balaban J connectivity index is 1.58. The zero-order chi connectivity index (χ0) is 21.7. The minimum Gasteiger partial charge on any atom is -0.461 e. The highest BCUT2D eigenvalue weighted by atomic mass is 16.5. The summed E-state index contributed by atoms with van der Waals surface area (Å²) in [6, 6.07) is 8.39. The number of esters is 1. The van der Waals surface area contributed by atoms with Gasteiger partial charge < -0.3 is 18.9 Å². The second-order valence-corrected chi connectivity index (χ2v) is 7.45. The third-order valence-corrected chi connectivity index (χ3v) is 4.82. The maximum Gasteiger partial charge on any atom is 0.336 e. The maximum atomic E-state index is 12.1.